The number of likely N-dealkylation sites (tertiary alicyclic amines) is 1. The van der Waals surface area contributed by atoms with Crippen molar-refractivity contribution in [3.63, 3.8) is 0 Å². The van der Waals surface area contributed by atoms with Crippen LogP contribution in [-0.2, 0) is 23.9 Å². The molecule has 3 aromatic rings. The number of ether oxygens (including phenoxy) is 1. The minimum Gasteiger partial charge on any atom is -0.454 e. The third-order valence-electron chi connectivity index (χ3n) is 8.72. The van der Waals surface area contributed by atoms with Gasteiger partial charge in [0.05, 0.1) is 11.8 Å². The fraction of sp³-hybridized carbons (Fsp3) is 0.333. The largest absolute Gasteiger partial charge is 0.454 e. The minimum atomic E-state index is -1.09. The molecule has 3 atom stereocenters. The molecule has 41 heavy (non-hydrogen) atoms. The van der Waals surface area contributed by atoms with Gasteiger partial charge in [0.2, 0.25) is 11.8 Å². The zero-order valence-corrected chi connectivity index (χ0v) is 23.7. The molecule has 4 aliphatic rings. The Kier molecular flexibility index (Phi) is 7.16. The van der Waals surface area contributed by atoms with Gasteiger partial charge in [0.1, 0.15) is 6.04 Å². The van der Waals surface area contributed by atoms with Crippen LogP contribution in [0.1, 0.15) is 65.8 Å². The molecule has 2 bridgehead atoms. The topological polar surface area (TPSA) is 92.8 Å². The predicted octanol–water partition coefficient (Wildman–Crippen LogP) is 5.58. The second kappa shape index (κ2) is 10.8. The Morgan fingerprint density at radius 2 is 1.44 bits per heavy atom. The lowest BCUT2D eigenvalue weighted by atomic mass is 9.55. The van der Waals surface area contributed by atoms with E-state index in [0.717, 1.165) is 39.1 Å². The van der Waals surface area contributed by atoms with E-state index in [2.05, 4.69) is 5.32 Å². The number of benzene rings is 3. The Morgan fingerprint density at radius 3 is 1.95 bits per heavy atom. The smallest absolute Gasteiger partial charge is 0.329 e. The summed E-state index contributed by atoms with van der Waals surface area (Å²) in [5.74, 6) is -3.63. The average Bonchev–Trinajstić information content (AvgIpc) is 3.24. The number of amides is 3. The number of anilines is 1. The SMILES string of the molecule is CCCC[C@@H](C(=O)OCC(=O)Nc1cc(Cl)ccc1C)N1C(=O)[C@@H]2C3c4ccccc4C(c4ccccc43)[C@@H]2C1=O. The molecule has 1 aliphatic heterocycles. The summed E-state index contributed by atoms with van der Waals surface area (Å²) in [5.41, 5.74) is 5.61. The lowest BCUT2D eigenvalue weighted by Crippen LogP contribution is -2.47. The van der Waals surface area contributed by atoms with Crippen molar-refractivity contribution in [1.82, 2.24) is 4.90 Å². The summed E-state index contributed by atoms with van der Waals surface area (Å²) in [6.07, 6.45) is 1.66. The summed E-state index contributed by atoms with van der Waals surface area (Å²) in [4.78, 5) is 55.5. The monoisotopic (exact) mass is 570 g/mol. The lowest BCUT2D eigenvalue weighted by molar-refractivity contribution is -0.160. The highest BCUT2D eigenvalue weighted by molar-refractivity contribution is 6.31. The number of rotatable bonds is 8. The first kappa shape index (κ1) is 27.2. The number of carbonyl (C=O) groups excluding carboxylic acids is 4. The molecule has 7 nitrogen and oxygen atoms in total. The van der Waals surface area contributed by atoms with Crippen LogP contribution in [0.2, 0.25) is 5.02 Å². The fourth-order valence-corrected chi connectivity index (χ4v) is 7.08. The molecule has 0 radical (unpaired) electrons. The van der Waals surface area contributed by atoms with Crippen LogP contribution < -0.4 is 5.32 Å². The van der Waals surface area contributed by atoms with Crippen LogP contribution in [0.3, 0.4) is 0 Å². The molecule has 0 spiro atoms. The van der Waals surface area contributed by atoms with Crippen LogP contribution >= 0.6 is 11.6 Å². The first-order valence-corrected chi connectivity index (χ1v) is 14.5. The molecule has 8 heteroatoms. The van der Waals surface area contributed by atoms with Gasteiger partial charge in [-0.3, -0.25) is 19.3 Å². The van der Waals surface area contributed by atoms with Gasteiger partial charge in [-0.2, -0.15) is 0 Å². The first-order valence-electron chi connectivity index (χ1n) is 14.1. The zero-order chi connectivity index (χ0) is 28.8. The Hall–Kier alpha value is -3.97. The molecule has 0 unspecified atom stereocenters. The number of hydrogen-bond donors (Lipinski definition) is 1. The van der Waals surface area contributed by atoms with Gasteiger partial charge in [0.25, 0.3) is 5.91 Å². The summed E-state index contributed by atoms with van der Waals surface area (Å²) in [7, 11) is 0. The van der Waals surface area contributed by atoms with Gasteiger partial charge < -0.3 is 10.1 Å². The van der Waals surface area contributed by atoms with Crippen molar-refractivity contribution in [2.24, 2.45) is 11.8 Å². The Bertz CT molecular complexity index is 1450. The molecule has 3 amide bonds. The van der Waals surface area contributed by atoms with Crippen molar-refractivity contribution >= 4 is 41.0 Å². The minimum absolute atomic E-state index is 0.256. The number of unbranched alkanes of at least 4 members (excludes halogenated alkanes) is 1. The molecule has 1 fully saturated rings. The Morgan fingerprint density at radius 1 is 0.902 bits per heavy atom. The quantitative estimate of drug-likeness (QED) is 0.282. The number of hydrogen-bond acceptors (Lipinski definition) is 5. The lowest BCUT2D eigenvalue weighted by Gasteiger charge is -2.45. The molecule has 0 aromatic heterocycles. The maximum atomic E-state index is 14.1. The number of nitrogens with one attached hydrogen (secondary N) is 1. The molecule has 7 rings (SSSR count). The molecular formula is C33H31ClN2O5. The van der Waals surface area contributed by atoms with Gasteiger partial charge in [0, 0.05) is 22.5 Å². The van der Waals surface area contributed by atoms with Crippen LogP contribution in [0.4, 0.5) is 5.69 Å². The third-order valence-corrected chi connectivity index (χ3v) is 8.95. The summed E-state index contributed by atoms with van der Waals surface area (Å²) in [6.45, 7) is 3.26. The van der Waals surface area contributed by atoms with Gasteiger partial charge >= 0.3 is 5.97 Å². The summed E-state index contributed by atoms with van der Waals surface area (Å²) in [6, 6.07) is 20.1. The second-order valence-corrected chi connectivity index (χ2v) is 11.5. The van der Waals surface area contributed by atoms with Crippen molar-refractivity contribution in [2.45, 2.75) is 51.0 Å². The standard InChI is InChI=1S/C33H31ClN2O5/c1-3-4-13-25(33(40)41-17-26(37)35-24-16-19(34)15-14-18(24)2)36-31(38)29-27-20-9-5-6-10-21(20)28(30(29)32(36)39)23-12-8-7-11-22(23)27/h5-12,14-16,25,27-30H,3-4,13,17H2,1-2H3,(H,35,37)/t25-,27?,28?,29-,30+/m0/s1. The molecule has 3 aromatic carbocycles. The fourth-order valence-electron chi connectivity index (χ4n) is 6.91. The van der Waals surface area contributed by atoms with E-state index >= 15 is 0 Å². The first-order chi connectivity index (χ1) is 19.8. The number of carbonyl (C=O) groups is 4. The summed E-state index contributed by atoms with van der Waals surface area (Å²) in [5, 5.41) is 3.17. The van der Waals surface area contributed by atoms with Gasteiger partial charge in [0.15, 0.2) is 6.61 Å². The number of imide groups is 1. The highest BCUT2D eigenvalue weighted by Crippen LogP contribution is 2.61. The molecule has 3 aliphatic carbocycles. The van der Waals surface area contributed by atoms with Crippen LogP contribution in [0.5, 0.6) is 0 Å². The van der Waals surface area contributed by atoms with E-state index in [1.807, 2.05) is 62.4 Å². The van der Waals surface area contributed by atoms with E-state index in [9.17, 15) is 19.2 Å². The third kappa shape index (κ3) is 4.52. The van der Waals surface area contributed by atoms with Crippen molar-refractivity contribution in [3.05, 3.63) is 99.6 Å². The van der Waals surface area contributed by atoms with Gasteiger partial charge in [-0.1, -0.05) is 86.0 Å². The number of aryl methyl sites for hydroxylation is 1. The number of nitrogens with zero attached hydrogens (tertiary/aromatic N) is 1. The van der Waals surface area contributed by atoms with Gasteiger partial charge in [-0.25, -0.2) is 4.79 Å². The normalized spacial score (nSPS) is 22.6. The maximum absolute atomic E-state index is 14.1. The zero-order valence-electron chi connectivity index (χ0n) is 22.9. The molecule has 1 heterocycles. The van der Waals surface area contributed by atoms with E-state index in [1.165, 1.54) is 0 Å². The van der Waals surface area contributed by atoms with E-state index in [-0.39, 0.29) is 30.1 Å². The molecule has 1 N–H and O–H groups in total. The van der Waals surface area contributed by atoms with E-state index in [0.29, 0.717) is 17.1 Å². The van der Waals surface area contributed by atoms with E-state index in [4.69, 9.17) is 16.3 Å². The predicted molar refractivity (Wildman–Crippen MR) is 154 cm³/mol. The van der Waals surface area contributed by atoms with Crippen LogP contribution in [0.15, 0.2) is 66.7 Å². The van der Waals surface area contributed by atoms with Gasteiger partial charge in [-0.15, -0.1) is 0 Å². The van der Waals surface area contributed by atoms with Crippen molar-refractivity contribution in [1.29, 1.82) is 0 Å². The summed E-state index contributed by atoms with van der Waals surface area (Å²) >= 11 is 6.05. The molecular weight excluding hydrogens is 540 g/mol. The molecule has 0 saturated carbocycles. The van der Waals surface area contributed by atoms with Crippen LogP contribution in [0, 0.1) is 18.8 Å². The van der Waals surface area contributed by atoms with E-state index < -0.39 is 36.4 Å². The van der Waals surface area contributed by atoms with Crippen molar-refractivity contribution in [2.75, 3.05) is 11.9 Å². The second-order valence-electron chi connectivity index (χ2n) is 11.1. The van der Waals surface area contributed by atoms with Gasteiger partial charge in [-0.05, 0) is 53.3 Å². The Labute approximate surface area is 243 Å². The van der Waals surface area contributed by atoms with Crippen molar-refractivity contribution < 1.29 is 23.9 Å². The molecule has 210 valence electrons. The van der Waals surface area contributed by atoms with Crippen LogP contribution in [0.25, 0.3) is 0 Å². The maximum Gasteiger partial charge on any atom is 0.329 e. The summed E-state index contributed by atoms with van der Waals surface area (Å²) < 4.78 is 5.43. The Balaban J connectivity index is 1.26. The highest BCUT2D eigenvalue weighted by atomic mass is 35.5. The number of esters is 1. The molecule has 1 saturated heterocycles. The van der Waals surface area contributed by atoms with Crippen molar-refractivity contribution in [3.8, 4) is 0 Å². The van der Waals surface area contributed by atoms with Crippen LogP contribution in [-0.4, -0.2) is 41.2 Å². The number of halogens is 1. The average molecular weight is 571 g/mol. The highest BCUT2D eigenvalue weighted by Gasteiger charge is 2.63. The van der Waals surface area contributed by atoms with E-state index in [1.54, 1.807) is 18.2 Å².